The zero-order chi connectivity index (χ0) is 19.8. The molecule has 0 saturated carbocycles. The number of hydrogen-bond acceptors (Lipinski definition) is 3. The summed E-state index contributed by atoms with van der Waals surface area (Å²) in [7, 11) is 0. The Balaban J connectivity index is 1.31. The van der Waals surface area contributed by atoms with Crippen molar-refractivity contribution in [1.82, 2.24) is 10.2 Å². The Morgan fingerprint density at radius 3 is 2.39 bits per heavy atom. The van der Waals surface area contributed by atoms with E-state index in [2.05, 4.69) is 77.5 Å². The molecule has 1 fully saturated rings. The Kier molecular flexibility index (Phi) is 7.49. The molecule has 4 heteroatoms. The Hall–Kier alpha value is -2.33. The van der Waals surface area contributed by atoms with Crippen LogP contribution in [0.15, 0.2) is 48.5 Å². The highest BCUT2D eigenvalue weighted by Crippen LogP contribution is 2.17. The van der Waals surface area contributed by atoms with E-state index in [1.165, 1.54) is 22.4 Å². The molecular weight excluding hydrogens is 346 g/mol. The van der Waals surface area contributed by atoms with E-state index in [1.807, 2.05) is 0 Å². The molecule has 2 aromatic carbocycles. The number of carbonyl (C=O) groups excluding carboxylic acids is 1. The fourth-order valence-electron chi connectivity index (χ4n) is 3.70. The minimum absolute atomic E-state index is 0.151. The molecular formula is C24H33N3O. The van der Waals surface area contributed by atoms with Gasteiger partial charge in [-0.05, 0) is 48.6 Å². The van der Waals surface area contributed by atoms with Gasteiger partial charge in [0, 0.05) is 51.4 Å². The van der Waals surface area contributed by atoms with E-state index in [1.54, 1.807) is 0 Å². The van der Waals surface area contributed by atoms with Gasteiger partial charge in [-0.25, -0.2) is 0 Å². The third-order valence-electron chi connectivity index (χ3n) is 5.56. The Bertz CT molecular complexity index is 749. The molecule has 0 atom stereocenters. The first kappa shape index (κ1) is 20.4. The molecule has 0 aromatic heterocycles. The highest BCUT2D eigenvalue weighted by Gasteiger charge is 2.17. The third kappa shape index (κ3) is 6.10. The molecule has 1 aliphatic rings. The van der Waals surface area contributed by atoms with Gasteiger partial charge in [0.05, 0.1) is 0 Å². The van der Waals surface area contributed by atoms with E-state index in [9.17, 15) is 4.79 Å². The topological polar surface area (TPSA) is 35.6 Å². The second-order valence-electron chi connectivity index (χ2n) is 7.69. The van der Waals surface area contributed by atoms with Crippen LogP contribution >= 0.6 is 0 Å². The Labute approximate surface area is 169 Å². The van der Waals surface area contributed by atoms with Crippen molar-refractivity contribution in [3.05, 3.63) is 65.2 Å². The highest BCUT2D eigenvalue weighted by atomic mass is 16.1. The van der Waals surface area contributed by atoms with Crippen molar-refractivity contribution in [3.63, 3.8) is 0 Å². The summed E-state index contributed by atoms with van der Waals surface area (Å²) < 4.78 is 0. The van der Waals surface area contributed by atoms with Crippen LogP contribution in [-0.2, 0) is 17.6 Å². The zero-order valence-corrected chi connectivity index (χ0v) is 17.3. The molecule has 0 aliphatic carbocycles. The van der Waals surface area contributed by atoms with Gasteiger partial charge < -0.3 is 10.2 Å². The van der Waals surface area contributed by atoms with E-state index in [0.717, 1.165) is 52.1 Å². The number of hydrogen-bond donors (Lipinski definition) is 1. The van der Waals surface area contributed by atoms with Gasteiger partial charge in [0.15, 0.2) is 0 Å². The van der Waals surface area contributed by atoms with Crippen molar-refractivity contribution in [2.24, 2.45) is 0 Å². The largest absolute Gasteiger partial charge is 0.369 e. The quantitative estimate of drug-likeness (QED) is 0.763. The lowest BCUT2D eigenvalue weighted by molar-refractivity contribution is -0.121. The van der Waals surface area contributed by atoms with Crippen LogP contribution in [0.1, 0.15) is 30.0 Å². The van der Waals surface area contributed by atoms with Crippen molar-refractivity contribution in [2.45, 2.75) is 33.1 Å². The molecule has 1 heterocycles. The lowest BCUT2D eigenvalue weighted by atomic mass is 10.1. The number of benzene rings is 2. The van der Waals surface area contributed by atoms with Crippen molar-refractivity contribution in [3.8, 4) is 0 Å². The summed E-state index contributed by atoms with van der Waals surface area (Å²) in [5.74, 6) is 0.151. The van der Waals surface area contributed by atoms with Crippen molar-refractivity contribution >= 4 is 11.6 Å². The average Bonchev–Trinajstić information content (AvgIpc) is 2.73. The number of rotatable bonds is 8. The summed E-state index contributed by atoms with van der Waals surface area (Å²) in [5, 5.41) is 3.08. The fraction of sp³-hybridized carbons (Fsp3) is 0.458. The van der Waals surface area contributed by atoms with Gasteiger partial charge in [-0.3, -0.25) is 9.69 Å². The maximum absolute atomic E-state index is 12.1. The summed E-state index contributed by atoms with van der Waals surface area (Å²) in [6.45, 7) is 10.2. The maximum atomic E-state index is 12.1. The summed E-state index contributed by atoms with van der Waals surface area (Å²) >= 11 is 0. The highest BCUT2D eigenvalue weighted by molar-refractivity contribution is 5.76. The summed E-state index contributed by atoms with van der Waals surface area (Å²) in [6, 6.07) is 17.3. The molecule has 0 bridgehead atoms. The molecule has 0 unspecified atom stereocenters. The van der Waals surface area contributed by atoms with Crippen LogP contribution in [0.2, 0.25) is 0 Å². The van der Waals surface area contributed by atoms with Crippen LogP contribution < -0.4 is 10.2 Å². The standard InChI is InChI=1S/C24H33N3O/c1-3-21-7-9-22(10-8-21)11-12-24(28)25-13-14-26-15-17-27(18-16-26)23-6-4-5-20(2)19-23/h4-10,19H,3,11-18H2,1-2H3,(H,25,28). The fourth-order valence-corrected chi connectivity index (χ4v) is 3.70. The zero-order valence-electron chi connectivity index (χ0n) is 17.3. The molecule has 1 aliphatic heterocycles. The Morgan fingerprint density at radius 1 is 1.00 bits per heavy atom. The van der Waals surface area contributed by atoms with E-state index in [-0.39, 0.29) is 5.91 Å². The van der Waals surface area contributed by atoms with Crippen LogP contribution in [-0.4, -0.2) is 50.1 Å². The van der Waals surface area contributed by atoms with Gasteiger partial charge in [0.25, 0.3) is 0 Å². The summed E-state index contributed by atoms with van der Waals surface area (Å²) in [6.07, 6.45) is 2.43. The van der Waals surface area contributed by atoms with Crippen molar-refractivity contribution < 1.29 is 4.79 Å². The molecule has 1 saturated heterocycles. The minimum atomic E-state index is 0.151. The monoisotopic (exact) mass is 379 g/mol. The number of nitrogens with zero attached hydrogens (tertiary/aromatic N) is 2. The average molecular weight is 380 g/mol. The molecule has 1 amide bonds. The van der Waals surface area contributed by atoms with E-state index in [0.29, 0.717) is 6.42 Å². The van der Waals surface area contributed by atoms with Crippen LogP contribution in [0.4, 0.5) is 5.69 Å². The van der Waals surface area contributed by atoms with E-state index >= 15 is 0 Å². The normalized spacial score (nSPS) is 14.9. The van der Waals surface area contributed by atoms with Gasteiger partial charge in [-0.1, -0.05) is 43.3 Å². The number of carbonyl (C=O) groups is 1. The summed E-state index contributed by atoms with van der Waals surface area (Å²) in [4.78, 5) is 17.0. The SMILES string of the molecule is CCc1ccc(CCC(=O)NCCN2CCN(c3cccc(C)c3)CC2)cc1. The first-order valence-electron chi connectivity index (χ1n) is 10.5. The van der Waals surface area contributed by atoms with Crippen molar-refractivity contribution in [1.29, 1.82) is 0 Å². The third-order valence-corrected chi connectivity index (χ3v) is 5.56. The van der Waals surface area contributed by atoms with Gasteiger partial charge in [0.2, 0.25) is 5.91 Å². The number of aryl methyl sites for hydroxylation is 3. The lowest BCUT2D eigenvalue weighted by Crippen LogP contribution is -2.48. The van der Waals surface area contributed by atoms with Gasteiger partial charge in [-0.15, -0.1) is 0 Å². The van der Waals surface area contributed by atoms with Crippen LogP contribution in [0.3, 0.4) is 0 Å². The number of anilines is 1. The molecule has 4 nitrogen and oxygen atoms in total. The van der Waals surface area contributed by atoms with Gasteiger partial charge in [0.1, 0.15) is 0 Å². The van der Waals surface area contributed by atoms with Gasteiger partial charge >= 0.3 is 0 Å². The van der Waals surface area contributed by atoms with E-state index in [4.69, 9.17) is 0 Å². The first-order chi connectivity index (χ1) is 13.6. The Morgan fingerprint density at radius 2 is 1.71 bits per heavy atom. The lowest BCUT2D eigenvalue weighted by Gasteiger charge is -2.36. The minimum Gasteiger partial charge on any atom is -0.369 e. The number of amides is 1. The number of nitrogens with one attached hydrogen (secondary N) is 1. The molecule has 150 valence electrons. The van der Waals surface area contributed by atoms with Crippen LogP contribution in [0.25, 0.3) is 0 Å². The molecule has 28 heavy (non-hydrogen) atoms. The molecule has 0 spiro atoms. The second-order valence-corrected chi connectivity index (χ2v) is 7.69. The van der Waals surface area contributed by atoms with Crippen LogP contribution in [0, 0.1) is 6.92 Å². The maximum Gasteiger partial charge on any atom is 0.220 e. The van der Waals surface area contributed by atoms with Crippen molar-refractivity contribution in [2.75, 3.05) is 44.2 Å². The smallest absolute Gasteiger partial charge is 0.220 e. The molecule has 0 radical (unpaired) electrons. The van der Waals surface area contributed by atoms with Gasteiger partial charge in [-0.2, -0.15) is 0 Å². The number of piperazine rings is 1. The summed E-state index contributed by atoms with van der Waals surface area (Å²) in [5.41, 5.74) is 5.21. The molecule has 1 N–H and O–H groups in total. The predicted molar refractivity (Wildman–Crippen MR) is 117 cm³/mol. The molecule has 3 rings (SSSR count). The first-order valence-corrected chi connectivity index (χ1v) is 10.5. The van der Waals surface area contributed by atoms with Crippen LogP contribution in [0.5, 0.6) is 0 Å². The molecule has 2 aromatic rings. The second kappa shape index (κ2) is 10.3. The van der Waals surface area contributed by atoms with E-state index < -0.39 is 0 Å². The predicted octanol–water partition coefficient (Wildman–Crippen LogP) is 3.43.